The Bertz CT molecular complexity index is 713. The number of hydrogen-bond acceptors (Lipinski definition) is 3. The van der Waals surface area contributed by atoms with Crippen LogP contribution in [-0.4, -0.2) is 24.0 Å². The van der Waals surface area contributed by atoms with Gasteiger partial charge in [-0.15, -0.1) is 0 Å². The van der Waals surface area contributed by atoms with E-state index in [2.05, 4.69) is 28.9 Å². The Balaban J connectivity index is 1.82. The molecule has 1 aromatic heterocycles. The highest BCUT2D eigenvalue weighted by atomic mass is 16.5. The fraction of sp³-hybridized carbons (Fsp3) is 0.438. The number of hydrogen-bond donors (Lipinski definition) is 1. The van der Waals surface area contributed by atoms with Gasteiger partial charge >= 0.3 is 5.97 Å². The molecule has 104 valence electrons. The quantitative estimate of drug-likeness (QED) is 0.674. The number of benzene rings is 1. The highest BCUT2D eigenvalue weighted by Gasteiger charge is 2.30. The van der Waals surface area contributed by atoms with Crippen LogP contribution in [0.15, 0.2) is 12.1 Å². The first-order valence-electron chi connectivity index (χ1n) is 7.21. The number of anilines is 1. The van der Waals surface area contributed by atoms with E-state index in [1.807, 2.05) is 0 Å². The van der Waals surface area contributed by atoms with Gasteiger partial charge in [-0.3, -0.25) is 4.79 Å². The van der Waals surface area contributed by atoms with Crippen LogP contribution >= 0.6 is 0 Å². The summed E-state index contributed by atoms with van der Waals surface area (Å²) in [6.45, 7) is 5.95. The Kier molecular flexibility index (Phi) is 2.37. The van der Waals surface area contributed by atoms with Crippen molar-refractivity contribution in [2.45, 2.75) is 32.8 Å². The van der Waals surface area contributed by atoms with E-state index in [9.17, 15) is 4.79 Å². The number of rotatable bonds is 2. The SMILES string of the molecule is CC(=O)OC1CCc2c1[nH]c1cc(C)c(N3CC3)cc21. The largest absolute Gasteiger partial charge is 0.456 e. The van der Waals surface area contributed by atoms with Gasteiger partial charge in [-0.2, -0.15) is 0 Å². The lowest BCUT2D eigenvalue weighted by Crippen LogP contribution is -2.05. The van der Waals surface area contributed by atoms with Crippen LogP contribution in [0.4, 0.5) is 5.69 Å². The van der Waals surface area contributed by atoms with Gasteiger partial charge < -0.3 is 14.6 Å². The highest BCUT2D eigenvalue weighted by Crippen LogP contribution is 2.40. The van der Waals surface area contributed by atoms with Crippen molar-refractivity contribution in [1.29, 1.82) is 0 Å². The van der Waals surface area contributed by atoms with Crippen molar-refractivity contribution >= 4 is 22.6 Å². The monoisotopic (exact) mass is 270 g/mol. The average Bonchev–Trinajstić information content (AvgIpc) is 3.07. The van der Waals surface area contributed by atoms with Crippen molar-refractivity contribution in [2.24, 2.45) is 0 Å². The molecular weight excluding hydrogens is 252 g/mol. The number of aromatic amines is 1. The first-order valence-corrected chi connectivity index (χ1v) is 7.21. The number of fused-ring (bicyclic) bond motifs is 3. The van der Waals surface area contributed by atoms with Gasteiger partial charge in [0.25, 0.3) is 0 Å². The molecule has 4 heteroatoms. The van der Waals surface area contributed by atoms with Gasteiger partial charge in [-0.1, -0.05) is 0 Å². The Morgan fingerprint density at radius 1 is 1.40 bits per heavy atom. The third kappa shape index (κ3) is 1.71. The summed E-state index contributed by atoms with van der Waals surface area (Å²) in [6, 6.07) is 4.51. The molecule has 1 fully saturated rings. The van der Waals surface area contributed by atoms with E-state index in [1.54, 1.807) is 0 Å². The molecule has 1 aliphatic heterocycles. The zero-order valence-electron chi connectivity index (χ0n) is 11.8. The topological polar surface area (TPSA) is 45.1 Å². The number of esters is 1. The maximum Gasteiger partial charge on any atom is 0.303 e. The maximum atomic E-state index is 11.2. The van der Waals surface area contributed by atoms with E-state index < -0.39 is 0 Å². The number of nitrogens with one attached hydrogen (secondary N) is 1. The second-order valence-corrected chi connectivity index (χ2v) is 5.83. The summed E-state index contributed by atoms with van der Waals surface area (Å²) in [6.07, 6.45) is 1.78. The number of ether oxygens (including phenoxy) is 1. The van der Waals surface area contributed by atoms with Crippen LogP contribution in [0, 0.1) is 6.92 Å². The van der Waals surface area contributed by atoms with Gasteiger partial charge in [-0.05, 0) is 43.0 Å². The van der Waals surface area contributed by atoms with Crippen LogP contribution < -0.4 is 4.90 Å². The standard InChI is InChI=1S/C16H18N2O2/c1-9-7-13-12(8-14(9)18-5-6-18)11-3-4-15(16(11)17-13)20-10(2)19/h7-8,15,17H,3-6H2,1-2H3. The number of H-pyrrole nitrogens is 1. The molecule has 1 aliphatic carbocycles. The van der Waals surface area contributed by atoms with Crippen molar-refractivity contribution in [3.8, 4) is 0 Å². The number of aryl methyl sites for hydroxylation is 2. The molecule has 4 nitrogen and oxygen atoms in total. The molecule has 0 spiro atoms. The molecule has 1 unspecified atom stereocenters. The van der Waals surface area contributed by atoms with Gasteiger partial charge in [0.15, 0.2) is 0 Å². The second-order valence-electron chi connectivity index (χ2n) is 5.83. The first-order chi connectivity index (χ1) is 9.63. The van der Waals surface area contributed by atoms with Crippen molar-refractivity contribution in [1.82, 2.24) is 4.98 Å². The molecule has 1 aromatic carbocycles. The predicted octanol–water partition coefficient (Wildman–Crippen LogP) is 2.85. The van der Waals surface area contributed by atoms with Crippen LogP contribution in [0.3, 0.4) is 0 Å². The minimum Gasteiger partial charge on any atom is -0.456 e. The lowest BCUT2D eigenvalue weighted by molar-refractivity contribution is -0.146. The summed E-state index contributed by atoms with van der Waals surface area (Å²) in [7, 11) is 0. The van der Waals surface area contributed by atoms with E-state index >= 15 is 0 Å². The fourth-order valence-corrected chi connectivity index (χ4v) is 3.33. The van der Waals surface area contributed by atoms with E-state index in [1.165, 1.54) is 29.1 Å². The van der Waals surface area contributed by atoms with Gasteiger partial charge in [0, 0.05) is 36.6 Å². The predicted molar refractivity (Wildman–Crippen MR) is 78.1 cm³/mol. The third-order valence-corrected chi connectivity index (χ3v) is 4.33. The van der Waals surface area contributed by atoms with Gasteiger partial charge in [0.1, 0.15) is 6.10 Å². The summed E-state index contributed by atoms with van der Waals surface area (Å²) >= 11 is 0. The molecule has 1 N–H and O–H groups in total. The molecule has 4 rings (SSSR count). The molecule has 2 aromatic rings. The molecule has 0 amide bonds. The molecule has 20 heavy (non-hydrogen) atoms. The van der Waals surface area contributed by atoms with Gasteiger partial charge in [0.05, 0.1) is 5.69 Å². The number of nitrogens with zero attached hydrogens (tertiary/aromatic N) is 1. The third-order valence-electron chi connectivity index (χ3n) is 4.33. The Morgan fingerprint density at radius 3 is 2.90 bits per heavy atom. The number of carbonyl (C=O) groups excluding carboxylic acids is 1. The molecule has 2 heterocycles. The zero-order chi connectivity index (χ0) is 13.9. The molecule has 0 bridgehead atoms. The van der Waals surface area contributed by atoms with E-state index in [0.29, 0.717) is 0 Å². The van der Waals surface area contributed by atoms with Gasteiger partial charge in [0.2, 0.25) is 0 Å². The second kappa shape index (κ2) is 4.01. The smallest absolute Gasteiger partial charge is 0.303 e. The molecule has 2 aliphatic rings. The van der Waals surface area contributed by atoms with E-state index in [0.717, 1.165) is 37.1 Å². The summed E-state index contributed by atoms with van der Waals surface area (Å²) in [4.78, 5) is 17.0. The van der Waals surface area contributed by atoms with Crippen molar-refractivity contribution in [3.05, 3.63) is 29.0 Å². The lowest BCUT2D eigenvalue weighted by Gasteiger charge is -2.10. The number of aromatic nitrogens is 1. The Labute approximate surface area is 117 Å². The van der Waals surface area contributed by atoms with Crippen molar-refractivity contribution in [2.75, 3.05) is 18.0 Å². The Morgan fingerprint density at radius 2 is 2.20 bits per heavy atom. The maximum absolute atomic E-state index is 11.2. The summed E-state index contributed by atoms with van der Waals surface area (Å²) in [5, 5.41) is 1.29. The van der Waals surface area contributed by atoms with Crippen LogP contribution in [0.1, 0.15) is 36.3 Å². The lowest BCUT2D eigenvalue weighted by atomic mass is 10.1. The molecular formula is C16H18N2O2. The highest BCUT2D eigenvalue weighted by molar-refractivity contribution is 5.90. The van der Waals surface area contributed by atoms with E-state index in [4.69, 9.17) is 4.74 Å². The molecule has 0 radical (unpaired) electrons. The van der Waals surface area contributed by atoms with Crippen molar-refractivity contribution in [3.63, 3.8) is 0 Å². The first kappa shape index (κ1) is 11.8. The zero-order valence-corrected chi connectivity index (χ0v) is 11.8. The average molecular weight is 270 g/mol. The van der Waals surface area contributed by atoms with Crippen LogP contribution in [0.5, 0.6) is 0 Å². The summed E-state index contributed by atoms with van der Waals surface area (Å²) in [5.74, 6) is -0.206. The van der Waals surface area contributed by atoms with Crippen LogP contribution in [0.25, 0.3) is 10.9 Å². The van der Waals surface area contributed by atoms with Crippen LogP contribution in [0.2, 0.25) is 0 Å². The fourth-order valence-electron chi connectivity index (χ4n) is 3.33. The minimum absolute atomic E-state index is 0.0973. The summed E-state index contributed by atoms with van der Waals surface area (Å²) in [5.41, 5.74) is 6.23. The Hall–Kier alpha value is -1.97. The molecule has 0 saturated carbocycles. The summed E-state index contributed by atoms with van der Waals surface area (Å²) < 4.78 is 5.41. The minimum atomic E-state index is -0.206. The normalized spacial score (nSPS) is 20.3. The number of carbonyl (C=O) groups is 1. The van der Waals surface area contributed by atoms with Crippen LogP contribution in [-0.2, 0) is 16.0 Å². The molecule has 1 atom stereocenters. The van der Waals surface area contributed by atoms with Crippen molar-refractivity contribution < 1.29 is 9.53 Å². The van der Waals surface area contributed by atoms with E-state index in [-0.39, 0.29) is 12.1 Å². The molecule has 1 saturated heterocycles. The van der Waals surface area contributed by atoms with Gasteiger partial charge in [-0.25, -0.2) is 0 Å².